The van der Waals surface area contributed by atoms with Crippen LogP contribution in [0, 0.1) is 11.3 Å². The van der Waals surface area contributed by atoms with Gasteiger partial charge in [-0.3, -0.25) is 9.20 Å². The Morgan fingerprint density at radius 2 is 2.04 bits per heavy atom. The maximum Gasteiger partial charge on any atom is 0.422 e. The van der Waals surface area contributed by atoms with Crippen LogP contribution < -0.4 is 15.6 Å². The Hall–Kier alpha value is -3.54. The van der Waals surface area contributed by atoms with Gasteiger partial charge in [-0.05, 0) is 30.3 Å². The largest absolute Gasteiger partial charge is 0.483 e. The Bertz CT molecular complexity index is 1070. The molecule has 27 heavy (non-hydrogen) atoms. The highest BCUT2D eigenvalue weighted by Crippen LogP contribution is 2.25. The molecular formula is C18H13F3N4O2. The minimum atomic E-state index is -4.49. The molecule has 0 unspecified atom stereocenters. The third kappa shape index (κ3) is 4.55. The van der Waals surface area contributed by atoms with Crippen LogP contribution in [-0.4, -0.2) is 22.2 Å². The van der Waals surface area contributed by atoms with E-state index in [2.05, 4.69) is 15.0 Å². The van der Waals surface area contributed by atoms with E-state index in [1.54, 1.807) is 30.5 Å². The first kappa shape index (κ1) is 18.3. The third-order valence-electron chi connectivity index (χ3n) is 3.59. The van der Waals surface area contributed by atoms with E-state index in [0.29, 0.717) is 17.0 Å². The standard InChI is InChI=1S/C18H13F3N4O2/c19-18(20,21)11-27-15-5-4-13(7-12(15)9-22)23-10-14-8-17(26)25-6-2-1-3-16(25)24-14/h1-8,23H,10-11H2. The van der Waals surface area contributed by atoms with Crippen LogP contribution in [0.3, 0.4) is 0 Å². The lowest BCUT2D eigenvalue weighted by Gasteiger charge is -2.12. The number of nitrogens with zero attached hydrogens (tertiary/aromatic N) is 3. The number of nitriles is 1. The van der Waals surface area contributed by atoms with Crippen LogP contribution in [0.25, 0.3) is 5.65 Å². The van der Waals surface area contributed by atoms with Crippen LogP contribution in [0.2, 0.25) is 0 Å². The molecule has 0 aliphatic carbocycles. The van der Waals surface area contributed by atoms with Gasteiger partial charge in [0.2, 0.25) is 0 Å². The van der Waals surface area contributed by atoms with Crippen molar-refractivity contribution >= 4 is 11.3 Å². The van der Waals surface area contributed by atoms with Crippen molar-refractivity contribution in [2.45, 2.75) is 12.7 Å². The molecule has 0 amide bonds. The summed E-state index contributed by atoms with van der Waals surface area (Å²) in [6.45, 7) is -1.27. The predicted molar refractivity (Wildman–Crippen MR) is 91.5 cm³/mol. The lowest BCUT2D eigenvalue weighted by molar-refractivity contribution is -0.153. The molecule has 1 N–H and O–H groups in total. The van der Waals surface area contributed by atoms with Crippen LogP contribution in [0.5, 0.6) is 5.75 Å². The van der Waals surface area contributed by atoms with Crippen LogP contribution in [0.4, 0.5) is 18.9 Å². The fourth-order valence-electron chi connectivity index (χ4n) is 2.40. The Balaban J connectivity index is 1.75. The second-order valence-corrected chi connectivity index (χ2v) is 5.59. The molecule has 0 radical (unpaired) electrons. The summed E-state index contributed by atoms with van der Waals surface area (Å²) in [5.41, 5.74) is 1.21. The zero-order valence-electron chi connectivity index (χ0n) is 13.8. The van der Waals surface area contributed by atoms with Gasteiger partial charge in [0.15, 0.2) is 6.61 Å². The summed E-state index contributed by atoms with van der Waals surface area (Å²) in [6.07, 6.45) is -2.87. The zero-order chi connectivity index (χ0) is 19.4. The zero-order valence-corrected chi connectivity index (χ0v) is 13.8. The molecule has 0 spiro atoms. The van der Waals surface area contributed by atoms with Crippen molar-refractivity contribution in [1.29, 1.82) is 5.26 Å². The molecule has 0 saturated carbocycles. The van der Waals surface area contributed by atoms with Crippen molar-refractivity contribution in [1.82, 2.24) is 9.38 Å². The quantitative estimate of drug-likeness (QED) is 0.742. The Labute approximate surface area is 151 Å². The van der Waals surface area contributed by atoms with Crippen molar-refractivity contribution in [3.63, 3.8) is 0 Å². The van der Waals surface area contributed by atoms with E-state index in [0.717, 1.165) is 0 Å². The molecule has 0 aliphatic rings. The van der Waals surface area contributed by atoms with E-state index in [1.807, 2.05) is 0 Å². The molecule has 9 heteroatoms. The average Bonchev–Trinajstić information content (AvgIpc) is 2.64. The second kappa shape index (κ2) is 7.37. The molecule has 0 bridgehead atoms. The molecule has 3 aromatic rings. The number of rotatable bonds is 5. The lowest BCUT2D eigenvalue weighted by atomic mass is 10.2. The highest BCUT2D eigenvalue weighted by Gasteiger charge is 2.28. The summed E-state index contributed by atoms with van der Waals surface area (Å²) in [4.78, 5) is 16.4. The molecule has 0 saturated heterocycles. The highest BCUT2D eigenvalue weighted by molar-refractivity contribution is 5.55. The first-order valence-electron chi connectivity index (χ1n) is 7.80. The van der Waals surface area contributed by atoms with Gasteiger partial charge in [-0.2, -0.15) is 18.4 Å². The van der Waals surface area contributed by atoms with E-state index >= 15 is 0 Å². The maximum absolute atomic E-state index is 12.3. The normalized spacial score (nSPS) is 11.2. The first-order valence-corrected chi connectivity index (χ1v) is 7.80. The highest BCUT2D eigenvalue weighted by atomic mass is 19.4. The van der Waals surface area contributed by atoms with E-state index in [1.165, 1.54) is 28.7 Å². The van der Waals surface area contributed by atoms with Gasteiger partial charge in [0.05, 0.1) is 17.8 Å². The topological polar surface area (TPSA) is 79.4 Å². The van der Waals surface area contributed by atoms with E-state index < -0.39 is 12.8 Å². The maximum atomic E-state index is 12.3. The van der Waals surface area contributed by atoms with Crippen LogP contribution in [-0.2, 0) is 6.54 Å². The number of halogens is 3. The van der Waals surface area contributed by atoms with E-state index in [-0.39, 0.29) is 23.4 Å². The van der Waals surface area contributed by atoms with Crippen molar-refractivity contribution in [3.05, 3.63) is 70.3 Å². The van der Waals surface area contributed by atoms with E-state index in [4.69, 9.17) is 5.26 Å². The van der Waals surface area contributed by atoms with Gasteiger partial charge in [-0.25, -0.2) is 4.98 Å². The smallest absolute Gasteiger partial charge is 0.422 e. The van der Waals surface area contributed by atoms with Crippen LogP contribution >= 0.6 is 0 Å². The van der Waals surface area contributed by atoms with Crippen LogP contribution in [0.15, 0.2) is 53.5 Å². The molecule has 0 atom stereocenters. The molecule has 2 heterocycles. The summed E-state index contributed by atoms with van der Waals surface area (Å²) in [5, 5.41) is 12.1. The number of aromatic nitrogens is 2. The van der Waals surface area contributed by atoms with Crippen molar-refractivity contribution in [2.24, 2.45) is 0 Å². The Morgan fingerprint density at radius 1 is 1.22 bits per heavy atom. The number of alkyl halides is 3. The second-order valence-electron chi connectivity index (χ2n) is 5.59. The van der Waals surface area contributed by atoms with Gasteiger partial charge in [-0.15, -0.1) is 0 Å². The minimum Gasteiger partial charge on any atom is -0.483 e. The number of anilines is 1. The Kier molecular flexibility index (Phi) is 4.98. The molecule has 3 rings (SSSR count). The summed E-state index contributed by atoms with van der Waals surface area (Å²) < 4.78 is 42.8. The average molecular weight is 374 g/mol. The number of pyridine rings is 1. The minimum absolute atomic E-state index is 0.0317. The van der Waals surface area contributed by atoms with Crippen LogP contribution in [0.1, 0.15) is 11.3 Å². The summed E-state index contributed by atoms with van der Waals surface area (Å²) in [7, 11) is 0. The van der Waals surface area contributed by atoms with Gasteiger partial charge in [0, 0.05) is 18.0 Å². The van der Waals surface area contributed by atoms with Gasteiger partial charge >= 0.3 is 6.18 Å². The monoisotopic (exact) mass is 374 g/mol. The van der Waals surface area contributed by atoms with Gasteiger partial charge in [0.25, 0.3) is 5.56 Å². The third-order valence-corrected chi connectivity index (χ3v) is 3.59. The predicted octanol–water partition coefficient (Wildman–Crippen LogP) is 3.12. The van der Waals surface area contributed by atoms with Crippen molar-refractivity contribution in [2.75, 3.05) is 11.9 Å². The summed E-state index contributed by atoms with van der Waals surface area (Å²) >= 11 is 0. The molecule has 6 nitrogen and oxygen atoms in total. The van der Waals surface area contributed by atoms with E-state index in [9.17, 15) is 18.0 Å². The number of fused-ring (bicyclic) bond motifs is 1. The first-order chi connectivity index (χ1) is 12.9. The van der Waals surface area contributed by atoms with Gasteiger partial charge in [0.1, 0.15) is 17.5 Å². The summed E-state index contributed by atoms with van der Waals surface area (Å²) in [5.74, 6) is -0.151. The molecule has 2 aromatic heterocycles. The number of ether oxygens (including phenoxy) is 1. The Morgan fingerprint density at radius 3 is 2.78 bits per heavy atom. The molecule has 1 aromatic carbocycles. The summed E-state index contributed by atoms with van der Waals surface area (Å²) in [6, 6.07) is 12.5. The number of benzene rings is 1. The number of hydrogen-bond donors (Lipinski definition) is 1. The van der Waals surface area contributed by atoms with Crippen molar-refractivity contribution < 1.29 is 17.9 Å². The molecule has 0 aliphatic heterocycles. The SMILES string of the molecule is N#Cc1cc(NCc2cc(=O)n3ccccc3n2)ccc1OCC(F)(F)F. The van der Waals surface area contributed by atoms with Gasteiger partial charge in [-0.1, -0.05) is 6.07 Å². The number of nitrogens with one attached hydrogen (secondary N) is 1. The van der Waals surface area contributed by atoms with Crippen molar-refractivity contribution in [3.8, 4) is 11.8 Å². The fraction of sp³-hybridized carbons (Fsp3) is 0.167. The number of hydrogen-bond acceptors (Lipinski definition) is 5. The van der Waals surface area contributed by atoms with Gasteiger partial charge < -0.3 is 10.1 Å². The molecule has 0 fully saturated rings. The lowest BCUT2D eigenvalue weighted by Crippen LogP contribution is -2.19. The molecular weight excluding hydrogens is 361 g/mol. The fourth-order valence-corrected chi connectivity index (χ4v) is 2.40. The molecule has 138 valence electrons.